The summed E-state index contributed by atoms with van der Waals surface area (Å²) in [5.74, 6) is -2.39. The van der Waals surface area contributed by atoms with E-state index in [0.717, 1.165) is 31.0 Å². The van der Waals surface area contributed by atoms with Crippen molar-refractivity contribution in [1.82, 2.24) is 25.8 Å². The smallest absolute Gasteiger partial charge is 0.254 e. The van der Waals surface area contributed by atoms with Crippen LogP contribution in [0.4, 0.5) is 8.78 Å². The molecule has 0 heterocycles. The fourth-order valence-electron chi connectivity index (χ4n) is 5.19. The second-order valence-corrected chi connectivity index (χ2v) is 12.6. The van der Waals surface area contributed by atoms with Gasteiger partial charge in [-0.2, -0.15) is 11.8 Å². The van der Waals surface area contributed by atoms with E-state index in [-0.39, 0.29) is 48.0 Å². The van der Waals surface area contributed by atoms with Crippen molar-refractivity contribution in [2.45, 2.75) is 64.6 Å². The predicted octanol–water partition coefficient (Wildman–Crippen LogP) is 3.15. The first-order chi connectivity index (χ1) is 22.3. The van der Waals surface area contributed by atoms with Gasteiger partial charge in [-0.3, -0.25) is 19.2 Å². The van der Waals surface area contributed by atoms with Crippen LogP contribution in [0.25, 0.3) is 0 Å². The zero-order valence-corrected chi connectivity index (χ0v) is 29.0. The van der Waals surface area contributed by atoms with Crippen molar-refractivity contribution >= 4 is 35.4 Å². The number of aliphatic hydroxyl groups excluding tert-OH is 1. The van der Waals surface area contributed by atoms with Gasteiger partial charge in [0.25, 0.3) is 11.8 Å². The van der Waals surface area contributed by atoms with E-state index < -0.39 is 41.6 Å². The molecule has 2 aromatic rings. The molecule has 4 amide bonds. The van der Waals surface area contributed by atoms with Gasteiger partial charge in [0, 0.05) is 50.9 Å². The van der Waals surface area contributed by atoms with Crippen LogP contribution in [-0.2, 0) is 16.0 Å². The summed E-state index contributed by atoms with van der Waals surface area (Å²) in [6, 6.07) is 5.96. The molecule has 3 unspecified atom stereocenters. The minimum atomic E-state index is -1.26. The van der Waals surface area contributed by atoms with E-state index in [0.29, 0.717) is 30.8 Å². The first-order valence-corrected chi connectivity index (χ1v) is 17.2. The number of carbonyl (C=O) groups excluding carboxylic acids is 4. The fraction of sp³-hybridized carbons (Fsp3) is 0.529. The molecule has 0 aromatic heterocycles. The highest BCUT2D eigenvalue weighted by atomic mass is 32.2. The lowest BCUT2D eigenvalue weighted by atomic mass is 9.99. The summed E-state index contributed by atoms with van der Waals surface area (Å²) in [6.45, 7) is 6.66. The van der Waals surface area contributed by atoms with E-state index in [9.17, 15) is 33.1 Å². The van der Waals surface area contributed by atoms with Crippen LogP contribution in [0, 0.1) is 18.6 Å². The Balaban J connectivity index is 2.30. The number of carbonyl (C=O) groups is 4. The Kier molecular flexibility index (Phi) is 16.8. The Bertz CT molecular complexity index is 1340. The normalized spacial score (nSPS) is 13.0. The number of rotatable bonds is 19. The number of thioether (sulfide) groups is 1. The lowest BCUT2D eigenvalue weighted by Gasteiger charge is -2.27. The van der Waals surface area contributed by atoms with Gasteiger partial charge in [0.1, 0.15) is 11.6 Å². The van der Waals surface area contributed by atoms with Crippen LogP contribution in [0.5, 0.6) is 0 Å². The fourth-order valence-corrected chi connectivity index (χ4v) is 5.66. The molecule has 0 aliphatic rings. The average molecular weight is 678 g/mol. The molecule has 0 aliphatic carbocycles. The molecule has 0 spiro atoms. The first kappa shape index (κ1) is 39.6. The van der Waals surface area contributed by atoms with E-state index >= 15 is 0 Å². The number of hydrogen-bond acceptors (Lipinski definition) is 7. The standard InChI is InChI=1S/C34H49F2N5O5S/c1-7-10-41(11-8-2)31(43)21-40(5)34(46)25-14-22(3)13-24(18-25)32(44)39-29(17-23-15-26(35)19-27(36)16-23)30(42)20-38-28(9-12-47-6)33(45)37-4/h13-16,18-19,28-30,38,42H,7-12,17,20-21H2,1-6H3,(H,37,45)(H,39,44). The third-order valence-corrected chi connectivity index (χ3v) is 8.20. The van der Waals surface area contributed by atoms with Crippen LogP contribution in [0.2, 0.25) is 0 Å². The highest BCUT2D eigenvalue weighted by molar-refractivity contribution is 7.98. The summed E-state index contributed by atoms with van der Waals surface area (Å²) in [5, 5.41) is 19.6. The number of nitrogens with one attached hydrogen (secondary N) is 3. The van der Waals surface area contributed by atoms with Crippen molar-refractivity contribution < 1.29 is 33.1 Å². The van der Waals surface area contributed by atoms with Crippen molar-refractivity contribution in [2.24, 2.45) is 0 Å². The molecular weight excluding hydrogens is 628 g/mol. The van der Waals surface area contributed by atoms with E-state index in [1.165, 1.54) is 25.1 Å². The van der Waals surface area contributed by atoms with E-state index in [1.54, 1.807) is 35.7 Å². The number of benzene rings is 2. The van der Waals surface area contributed by atoms with Gasteiger partial charge in [0.05, 0.1) is 24.7 Å². The van der Waals surface area contributed by atoms with Crippen molar-refractivity contribution in [2.75, 3.05) is 52.3 Å². The number of amides is 4. The van der Waals surface area contributed by atoms with Crippen LogP contribution >= 0.6 is 11.8 Å². The molecule has 4 N–H and O–H groups in total. The highest BCUT2D eigenvalue weighted by Gasteiger charge is 2.26. The first-order valence-electron chi connectivity index (χ1n) is 15.9. The lowest BCUT2D eigenvalue weighted by molar-refractivity contribution is -0.131. The number of hydrogen-bond donors (Lipinski definition) is 4. The van der Waals surface area contributed by atoms with Gasteiger partial charge in [0.15, 0.2) is 0 Å². The number of likely N-dealkylation sites (N-methyl/N-ethyl adjacent to an activating group) is 2. The summed E-state index contributed by atoms with van der Waals surface area (Å²) in [5.41, 5.74) is 1.16. The second kappa shape index (κ2) is 20.0. The molecule has 2 aromatic carbocycles. The van der Waals surface area contributed by atoms with Crippen molar-refractivity contribution in [3.05, 3.63) is 70.3 Å². The summed E-state index contributed by atoms with van der Waals surface area (Å²) < 4.78 is 28.1. The van der Waals surface area contributed by atoms with Gasteiger partial charge in [-0.05, 0) is 86.1 Å². The summed E-state index contributed by atoms with van der Waals surface area (Å²) in [4.78, 5) is 55.2. The van der Waals surface area contributed by atoms with Crippen LogP contribution in [-0.4, -0.2) is 109 Å². The minimum absolute atomic E-state index is 0.0985. The van der Waals surface area contributed by atoms with Gasteiger partial charge in [-0.25, -0.2) is 8.78 Å². The van der Waals surface area contributed by atoms with Crippen molar-refractivity contribution in [1.29, 1.82) is 0 Å². The molecule has 0 radical (unpaired) electrons. The maximum atomic E-state index is 14.0. The highest BCUT2D eigenvalue weighted by Crippen LogP contribution is 2.16. The number of aliphatic hydroxyl groups is 1. The Morgan fingerprint density at radius 2 is 1.57 bits per heavy atom. The maximum absolute atomic E-state index is 14.0. The Hall–Kier alpha value is -3.55. The number of aryl methyl sites for hydroxylation is 1. The zero-order valence-electron chi connectivity index (χ0n) is 28.2. The van der Waals surface area contributed by atoms with Gasteiger partial charge in [0.2, 0.25) is 11.8 Å². The van der Waals surface area contributed by atoms with Crippen molar-refractivity contribution in [3.8, 4) is 0 Å². The van der Waals surface area contributed by atoms with Crippen LogP contribution in [0.15, 0.2) is 36.4 Å². The summed E-state index contributed by atoms with van der Waals surface area (Å²) in [7, 11) is 3.04. The molecule has 0 saturated carbocycles. The molecule has 0 saturated heterocycles. The molecule has 10 nitrogen and oxygen atoms in total. The Morgan fingerprint density at radius 3 is 2.15 bits per heavy atom. The van der Waals surface area contributed by atoms with Crippen LogP contribution < -0.4 is 16.0 Å². The molecule has 0 fully saturated rings. The third kappa shape index (κ3) is 12.9. The Labute approximate surface area is 281 Å². The van der Waals surface area contributed by atoms with Crippen LogP contribution in [0.1, 0.15) is 65.0 Å². The maximum Gasteiger partial charge on any atom is 0.254 e. The SMILES string of the molecule is CCCN(CCC)C(=O)CN(C)C(=O)c1cc(C)cc(C(=O)NC(Cc2cc(F)cc(F)c2)C(O)CNC(CCSC)C(=O)NC)c1. The number of halogens is 2. The van der Waals surface area contributed by atoms with E-state index in [2.05, 4.69) is 16.0 Å². The van der Waals surface area contributed by atoms with E-state index in [1.807, 2.05) is 20.1 Å². The number of nitrogens with zero attached hydrogens (tertiary/aromatic N) is 2. The molecular formula is C34H49F2N5O5S. The van der Waals surface area contributed by atoms with Gasteiger partial charge in [-0.15, -0.1) is 0 Å². The molecule has 13 heteroatoms. The monoisotopic (exact) mass is 677 g/mol. The van der Waals surface area contributed by atoms with Gasteiger partial charge < -0.3 is 30.9 Å². The summed E-state index contributed by atoms with van der Waals surface area (Å²) >= 11 is 1.57. The molecule has 0 aliphatic heterocycles. The lowest BCUT2D eigenvalue weighted by Crippen LogP contribution is -2.52. The molecule has 2 rings (SSSR count). The Morgan fingerprint density at radius 1 is 0.957 bits per heavy atom. The quantitative estimate of drug-likeness (QED) is 0.180. The zero-order chi connectivity index (χ0) is 35.1. The third-order valence-electron chi connectivity index (χ3n) is 7.55. The topological polar surface area (TPSA) is 131 Å². The molecule has 0 bridgehead atoms. The predicted molar refractivity (Wildman–Crippen MR) is 181 cm³/mol. The molecule has 260 valence electrons. The summed E-state index contributed by atoms with van der Waals surface area (Å²) in [6.07, 6.45) is 2.63. The van der Waals surface area contributed by atoms with Crippen molar-refractivity contribution in [3.63, 3.8) is 0 Å². The van der Waals surface area contributed by atoms with Gasteiger partial charge in [-0.1, -0.05) is 13.8 Å². The largest absolute Gasteiger partial charge is 0.390 e. The van der Waals surface area contributed by atoms with E-state index in [4.69, 9.17) is 0 Å². The van der Waals surface area contributed by atoms with Gasteiger partial charge >= 0.3 is 0 Å². The minimum Gasteiger partial charge on any atom is -0.390 e. The average Bonchev–Trinajstić information content (AvgIpc) is 3.02. The molecule has 47 heavy (non-hydrogen) atoms. The van der Waals surface area contributed by atoms with Crippen LogP contribution in [0.3, 0.4) is 0 Å². The second-order valence-electron chi connectivity index (χ2n) is 11.6. The molecule has 3 atom stereocenters.